The molecule has 2 atom stereocenters. The second-order valence-corrected chi connectivity index (χ2v) is 5.36. The Morgan fingerprint density at radius 2 is 2.11 bits per heavy atom. The summed E-state index contributed by atoms with van der Waals surface area (Å²) in [7, 11) is 1.68. The molecule has 1 fully saturated rings. The van der Waals surface area contributed by atoms with Crippen molar-refractivity contribution in [3.63, 3.8) is 0 Å². The van der Waals surface area contributed by atoms with E-state index < -0.39 is 0 Å². The molecular formula is C15H21NO2. The van der Waals surface area contributed by atoms with Crippen LogP contribution in [-0.4, -0.2) is 19.1 Å². The first-order valence-corrected chi connectivity index (χ1v) is 6.54. The minimum atomic E-state index is 0.150. The quantitative estimate of drug-likeness (QED) is 0.888. The van der Waals surface area contributed by atoms with Gasteiger partial charge in [-0.15, -0.1) is 0 Å². The molecule has 1 aliphatic heterocycles. The summed E-state index contributed by atoms with van der Waals surface area (Å²) >= 11 is 0. The highest BCUT2D eigenvalue weighted by molar-refractivity contribution is 5.80. The monoisotopic (exact) mass is 247 g/mol. The summed E-state index contributed by atoms with van der Waals surface area (Å²) in [5.41, 5.74) is 1.14. The molecule has 0 aliphatic carbocycles. The lowest BCUT2D eigenvalue weighted by molar-refractivity contribution is -0.119. The van der Waals surface area contributed by atoms with Crippen molar-refractivity contribution in [3.8, 4) is 5.75 Å². The van der Waals surface area contributed by atoms with E-state index in [2.05, 4.69) is 25.2 Å². The fourth-order valence-electron chi connectivity index (χ4n) is 2.74. The SMILES string of the molecule is COc1ccccc1C1CC(=O)NC1CC(C)C. The largest absolute Gasteiger partial charge is 0.496 e. The van der Waals surface area contributed by atoms with Crippen LogP contribution in [0.1, 0.15) is 38.2 Å². The molecule has 0 saturated carbocycles. The molecule has 18 heavy (non-hydrogen) atoms. The zero-order valence-electron chi connectivity index (χ0n) is 11.3. The van der Waals surface area contributed by atoms with E-state index in [0.29, 0.717) is 12.3 Å². The molecule has 1 amide bonds. The van der Waals surface area contributed by atoms with Crippen LogP contribution in [0.5, 0.6) is 5.75 Å². The second kappa shape index (κ2) is 5.42. The molecule has 0 aromatic heterocycles. The Morgan fingerprint density at radius 1 is 1.39 bits per heavy atom. The molecular weight excluding hydrogens is 226 g/mol. The third kappa shape index (κ3) is 2.66. The van der Waals surface area contributed by atoms with E-state index in [0.717, 1.165) is 17.7 Å². The number of hydrogen-bond donors (Lipinski definition) is 1. The Kier molecular flexibility index (Phi) is 3.90. The van der Waals surface area contributed by atoms with Crippen molar-refractivity contribution in [1.29, 1.82) is 0 Å². The normalized spacial score (nSPS) is 23.2. The van der Waals surface area contributed by atoms with Gasteiger partial charge in [0, 0.05) is 18.4 Å². The van der Waals surface area contributed by atoms with E-state index in [1.165, 1.54) is 0 Å². The molecule has 1 aromatic rings. The van der Waals surface area contributed by atoms with Gasteiger partial charge in [-0.2, -0.15) is 0 Å². The molecule has 98 valence electrons. The summed E-state index contributed by atoms with van der Waals surface area (Å²) in [6, 6.07) is 8.23. The summed E-state index contributed by atoms with van der Waals surface area (Å²) < 4.78 is 5.41. The van der Waals surface area contributed by atoms with Crippen molar-refractivity contribution in [3.05, 3.63) is 29.8 Å². The lowest BCUT2D eigenvalue weighted by Crippen LogP contribution is -2.29. The fraction of sp³-hybridized carbons (Fsp3) is 0.533. The minimum absolute atomic E-state index is 0.150. The maximum atomic E-state index is 11.7. The Labute approximate surface area is 109 Å². The zero-order valence-corrected chi connectivity index (χ0v) is 11.3. The van der Waals surface area contributed by atoms with Gasteiger partial charge in [-0.05, 0) is 24.0 Å². The van der Waals surface area contributed by atoms with E-state index in [-0.39, 0.29) is 17.9 Å². The minimum Gasteiger partial charge on any atom is -0.496 e. The van der Waals surface area contributed by atoms with Crippen molar-refractivity contribution >= 4 is 5.91 Å². The molecule has 2 rings (SSSR count). The number of rotatable bonds is 4. The lowest BCUT2D eigenvalue weighted by atomic mass is 9.87. The van der Waals surface area contributed by atoms with Gasteiger partial charge in [-0.1, -0.05) is 32.0 Å². The number of carbonyl (C=O) groups excluding carboxylic acids is 1. The van der Waals surface area contributed by atoms with Crippen LogP contribution in [0.4, 0.5) is 0 Å². The Balaban J connectivity index is 2.26. The number of para-hydroxylation sites is 1. The van der Waals surface area contributed by atoms with Gasteiger partial charge >= 0.3 is 0 Å². The Bertz CT molecular complexity index is 428. The number of amides is 1. The van der Waals surface area contributed by atoms with Crippen LogP contribution >= 0.6 is 0 Å². The predicted octanol–water partition coefficient (Wildman–Crippen LogP) is 2.71. The Morgan fingerprint density at radius 3 is 2.78 bits per heavy atom. The van der Waals surface area contributed by atoms with Gasteiger partial charge in [-0.25, -0.2) is 0 Å². The first-order chi connectivity index (χ1) is 8.61. The average Bonchev–Trinajstić information content (AvgIpc) is 2.69. The number of benzene rings is 1. The third-order valence-corrected chi connectivity index (χ3v) is 3.50. The van der Waals surface area contributed by atoms with Crippen LogP contribution in [-0.2, 0) is 4.79 Å². The molecule has 1 aliphatic rings. The van der Waals surface area contributed by atoms with Gasteiger partial charge < -0.3 is 10.1 Å². The van der Waals surface area contributed by atoms with E-state index in [4.69, 9.17) is 4.74 Å². The molecule has 0 bridgehead atoms. The van der Waals surface area contributed by atoms with Gasteiger partial charge in [0.05, 0.1) is 7.11 Å². The molecule has 1 saturated heterocycles. The number of ether oxygens (including phenoxy) is 1. The molecule has 1 aromatic carbocycles. The molecule has 3 heteroatoms. The summed E-state index contributed by atoms with van der Waals surface area (Å²) in [6.07, 6.45) is 1.58. The van der Waals surface area contributed by atoms with Crippen molar-refractivity contribution in [2.24, 2.45) is 5.92 Å². The summed E-state index contributed by atoms with van der Waals surface area (Å²) in [5.74, 6) is 1.84. The molecule has 0 spiro atoms. The second-order valence-electron chi connectivity index (χ2n) is 5.36. The zero-order chi connectivity index (χ0) is 13.1. The summed E-state index contributed by atoms with van der Waals surface area (Å²) in [6.45, 7) is 4.37. The maximum Gasteiger partial charge on any atom is 0.220 e. The Hall–Kier alpha value is -1.51. The first-order valence-electron chi connectivity index (χ1n) is 6.54. The van der Waals surface area contributed by atoms with Crippen molar-refractivity contribution in [1.82, 2.24) is 5.32 Å². The number of carbonyl (C=O) groups is 1. The van der Waals surface area contributed by atoms with Gasteiger partial charge in [0.2, 0.25) is 5.91 Å². The predicted molar refractivity (Wildman–Crippen MR) is 71.7 cm³/mol. The van der Waals surface area contributed by atoms with Crippen LogP contribution in [0.3, 0.4) is 0 Å². The third-order valence-electron chi connectivity index (χ3n) is 3.50. The van der Waals surface area contributed by atoms with Crippen LogP contribution < -0.4 is 10.1 Å². The maximum absolute atomic E-state index is 11.7. The van der Waals surface area contributed by atoms with Crippen LogP contribution in [0, 0.1) is 5.92 Å². The van der Waals surface area contributed by atoms with E-state index >= 15 is 0 Å². The van der Waals surface area contributed by atoms with Crippen molar-refractivity contribution < 1.29 is 9.53 Å². The van der Waals surface area contributed by atoms with E-state index in [1.807, 2.05) is 18.2 Å². The molecule has 1 heterocycles. The molecule has 1 N–H and O–H groups in total. The summed E-state index contributed by atoms with van der Waals surface area (Å²) in [5, 5.41) is 3.09. The first kappa shape index (κ1) is 12.9. The highest BCUT2D eigenvalue weighted by atomic mass is 16.5. The lowest BCUT2D eigenvalue weighted by Gasteiger charge is -2.22. The van der Waals surface area contributed by atoms with E-state index in [9.17, 15) is 4.79 Å². The van der Waals surface area contributed by atoms with Crippen LogP contribution in [0.25, 0.3) is 0 Å². The van der Waals surface area contributed by atoms with Crippen molar-refractivity contribution in [2.45, 2.75) is 38.6 Å². The van der Waals surface area contributed by atoms with Crippen LogP contribution in [0.15, 0.2) is 24.3 Å². The topological polar surface area (TPSA) is 38.3 Å². The highest BCUT2D eigenvalue weighted by Gasteiger charge is 2.35. The number of methoxy groups -OCH3 is 1. The van der Waals surface area contributed by atoms with Gasteiger partial charge in [0.25, 0.3) is 0 Å². The molecule has 3 nitrogen and oxygen atoms in total. The molecule has 0 radical (unpaired) electrons. The highest BCUT2D eigenvalue weighted by Crippen LogP contribution is 2.36. The van der Waals surface area contributed by atoms with Gasteiger partial charge in [-0.3, -0.25) is 4.79 Å². The van der Waals surface area contributed by atoms with Crippen molar-refractivity contribution in [2.75, 3.05) is 7.11 Å². The van der Waals surface area contributed by atoms with Crippen LogP contribution in [0.2, 0.25) is 0 Å². The number of nitrogens with one attached hydrogen (secondary N) is 1. The smallest absolute Gasteiger partial charge is 0.220 e. The van der Waals surface area contributed by atoms with E-state index in [1.54, 1.807) is 7.11 Å². The van der Waals surface area contributed by atoms with Gasteiger partial charge in [0.15, 0.2) is 0 Å². The summed E-state index contributed by atoms with van der Waals surface area (Å²) in [4.78, 5) is 11.7. The number of hydrogen-bond acceptors (Lipinski definition) is 2. The molecule has 2 unspecified atom stereocenters. The van der Waals surface area contributed by atoms with Gasteiger partial charge in [0.1, 0.15) is 5.75 Å². The fourth-order valence-corrected chi connectivity index (χ4v) is 2.74. The average molecular weight is 247 g/mol. The standard InChI is InChI=1S/C15H21NO2/c1-10(2)8-13-12(9-15(17)16-13)11-6-4-5-7-14(11)18-3/h4-7,10,12-13H,8-9H2,1-3H3,(H,16,17).